The van der Waals surface area contributed by atoms with Crippen molar-refractivity contribution in [2.45, 2.75) is 0 Å². The molecule has 9 nitrogen and oxygen atoms in total. The molecule has 2 aromatic heterocycles. The van der Waals surface area contributed by atoms with E-state index in [0.29, 0.717) is 33.7 Å². The number of ether oxygens (including phenoxy) is 1. The predicted molar refractivity (Wildman–Crippen MR) is 122 cm³/mol. The molecule has 1 atom stereocenters. The third-order valence-electron chi connectivity index (χ3n) is 4.84. The number of carboxylic acid groups (broad SMARTS) is 1. The number of carboxylic acids is 1. The Kier molecular flexibility index (Phi) is 5.80. The van der Waals surface area contributed by atoms with Crippen LogP contribution in [0.1, 0.15) is 10.5 Å². The second kappa shape index (κ2) is 8.69. The van der Waals surface area contributed by atoms with Gasteiger partial charge >= 0.3 is 5.97 Å². The number of nitrogens with zero attached hydrogens (tertiary/aromatic N) is 1. The Balaban J connectivity index is 1.93. The summed E-state index contributed by atoms with van der Waals surface area (Å²) in [5, 5.41) is 12.7. The van der Waals surface area contributed by atoms with Crippen molar-refractivity contribution in [3.05, 3.63) is 76.8 Å². The Morgan fingerprint density at radius 2 is 1.91 bits per heavy atom. The number of aromatic amines is 1. The molecule has 0 bridgehead atoms. The molecule has 0 spiro atoms. The van der Waals surface area contributed by atoms with Crippen molar-refractivity contribution < 1.29 is 23.4 Å². The van der Waals surface area contributed by atoms with E-state index in [2.05, 4.69) is 10.3 Å². The molecule has 2 aromatic carbocycles. The first-order valence-electron chi connectivity index (χ1n) is 9.48. The average molecular weight is 453 g/mol. The Labute approximate surface area is 184 Å². The van der Waals surface area contributed by atoms with E-state index in [4.69, 9.17) is 9.29 Å². The average Bonchev–Trinajstić information content (AvgIpc) is 3.22. The number of nitrogens with one attached hydrogen (secondary N) is 2. The largest absolute Gasteiger partial charge is 0.477 e. The zero-order valence-electron chi connectivity index (χ0n) is 16.9. The van der Waals surface area contributed by atoms with Crippen LogP contribution in [0.5, 0.6) is 11.5 Å². The van der Waals surface area contributed by atoms with Gasteiger partial charge in [-0.05, 0) is 36.4 Å². The first kappa shape index (κ1) is 21.3. The summed E-state index contributed by atoms with van der Waals surface area (Å²) in [7, 11) is 1.57. The van der Waals surface area contributed by atoms with E-state index in [1.165, 1.54) is 10.6 Å². The van der Waals surface area contributed by atoms with E-state index in [9.17, 15) is 18.9 Å². The molecule has 4 aromatic rings. The van der Waals surface area contributed by atoms with Gasteiger partial charge in [0.25, 0.3) is 5.56 Å². The number of aryl methyl sites for hydroxylation is 1. The van der Waals surface area contributed by atoms with Crippen LogP contribution in [0.3, 0.4) is 0 Å². The molecule has 0 aliphatic rings. The molecule has 2 heterocycles. The third kappa shape index (κ3) is 4.27. The van der Waals surface area contributed by atoms with Crippen molar-refractivity contribution in [3.8, 4) is 22.6 Å². The molecule has 1 unspecified atom stereocenters. The van der Waals surface area contributed by atoms with Crippen LogP contribution in [0.2, 0.25) is 0 Å². The lowest BCUT2D eigenvalue weighted by molar-refractivity contribution is 0.0691. The maximum atomic E-state index is 12.6. The smallest absolute Gasteiger partial charge is 0.352 e. The molecular formula is C22H19N3O6S. The lowest BCUT2D eigenvalue weighted by atomic mass is 10.0. The Morgan fingerprint density at radius 1 is 1.16 bits per heavy atom. The summed E-state index contributed by atoms with van der Waals surface area (Å²) in [5.74, 6) is -0.304. The molecule has 32 heavy (non-hydrogen) atoms. The molecule has 10 heteroatoms. The number of para-hydroxylation sites is 1. The fourth-order valence-electron chi connectivity index (χ4n) is 3.36. The number of pyridine rings is 1. The molecule has 0 radical (unpaired) electrons. The van der Waals surface area contributed by atoms with E-state index < -0.39 is 17.0 Å². The molecule has 0 aliphatic carbocycles. The minimum Gasteiger partial charge on any atom is -0.477 e. The van der Waals surface area contributed by atoms with E-state index in [1.54, 1.807) is 43.6 Å². The van der Waals surface area contributed by atoms with Crippen molar-refractivity contribution in [1.82, 2.24) is 9.55 Å². The fraction of sp³-hybridized carbons (Fsp3) is 0.0909. The van der Waals surface area contributed by atoms with Crippen molar-refractivity contribution >= 4 is 33.6 Å². The van der Waals surface area contributed by atoms with Crippen LogP contribution in [-0.2, 0) is 18.1 Å². The van der Waals surface area contributed by atoms with Crippen LogP contribution >= 0.6 is 0 Å². The molecule has 0 fully saturated rings. The number of anilines is 1. The van der Waals surface area contributed by atoms with E-state index in [0.717, 1.165) is 0 Å². The van der Waals surface area contributed by atoms with Gasteiger partial charge in [0.2, 0.25) is 0 Å². The Morgan fingerprint density at radius 3 is 2.59 bits per heavy atom. The third-order valence-corrected chi connectivity index (χ3v) is 5.23. The Hall–Kier alpha value is -3.89. The van der Waals surface area contributed by atoms with Crippen LogP contribution in [0, 0.1) is 0 Å². The van der Waals surface area contributed by atoms with E-state index in [-0.39, 0.29) is 22.6 Å². The SMILES string of the molecule is Cn1cc(-c2cc(NCS(=O)O)ccc2Oc2ccccc2)c2cc(C(=O)O)[nH]c2c1=O. The van der Waals surface area contributed by atoms with Gasteiger partial charge in [-0.3, -0.25) is 4.79 Å². The topological polar surface area (TPSA) is 134 Å². The van der Waals surface area contributed by atoms with Crippen molar-refractivity contribution in [1.29, 1.82) is 0 Å². The summed E-state index contributed by atoms with van der Waals surface area (Å²) >= 11 is -2.04. The van der Waals surface area contributed by atoms with Gasteiger partial charge < -0.3 is 29.3 Å². The van der Waals surface area contributed by atoms with Gasteiger partial charge in [0.05, 0.1) is 0 Å². The number of H-pyrrole nitrogens is 1. The number of aromatic nitrogens is 2. The predicted octanol–water partition coefficient (Wildman–Crippen LogP) is 3.62. The highest BCUT2D eigenvalue weighted by Crippen LogP contribution is 2.38. The monoisotopic (exact) mass is 453 g/mol. The van der Waals surface area contributed by atoms with Crippen molar-refractivity contribution in [3.63, 3.8) is 0 Å². The van der Waals surface area contributed by atoms with Crippen LogP contribution in [0.15, 0.2) is 65.6 Å². The van der Waals surface area contributed by atoms with Gasteiger partial charge in [-0.2, -0.15) is 0 Å². The van der Waals surface area contributed by atoms with Gasteiger partial charge in [0.15, 0.2) is 11.1 Å². The molecule has 0 amide bonds. The molecule has 4 N–H and O–H groups in total. The van der Waals surface area contributed by atoms with E-state index in [1.807, 2.05) is 18.2 Å². The summed E-state index contributed by atoms with van der Waals surface area (Å²) in [5.41, 5.74) is 1.36. The summed E-state index contributed by atoms with van der Waals surface area (Å²) < 4.78 is 27.6. The van der Waals surface area contributed by atoms with E-state index >= 15 is 0 Å². The second-order valence-electron chi connectivity index (χ2n) is 7.00. The fourth-order valence-corrected chi connectivity index (χ4v) is 3.65. The summed E-state index contributed by atoms with van der Waals surface area (Å²) in [4.78, 5) is 26.8. The molecular weight excluding hydrogens is 434 g/mol. The number of hydrogen-bond acceptors (Lipinski definition) is 5. The standard InChI is InChI=1S/C22H19N3O6S/c1-25-11-17(16-10-18(22(27)28)24-20(16)21(25)26)15-9-13(23-12-32(29)30)7-8-19(15)31-14-5-3-2-4-6-14/h2-11,23-24H,12H2,1H3,(H,27,28)(H,29,30). The number of benzene rings is 2. The maximum absolute atomic E-state index is 12.6. The van der Waals surface area contributed by atoms with Gasteiger partial charge in [-0.25, -0.2) is 9.00 Å². The van der Waals surface area contributed by atoms with Crippen LogP contribution in [-0.4, -0.2) is 35.3 Å². The number of carbonyl (C=O) groups is 1. The first-order valence-corrected chi connectivity index (χ1v) is 10.8. The minimum absolute atomic E-state index is 0.111. The number of aromatic carboxylic acids is 1. The number of hydrogen-bond donors (Lipinski definition) is 4. The highest BCUT2D eigenvalue weighted by molar-refractivity contribution is 7.79. The van der Waals surface area contributed by atoms with Gasteiger partial charge in [0, 0.05) is 35.4 Å². The quantitative estimate of drug-likeness (QED) is 0.314. The summed E-state index contributed by atoms with van der Waals surface area (Å²) in [6.45, 7) is 0. The van der Waals surface area contributed by atoms with Gasteiger partial charge in [-0.15, -0.1) is 0 Å². The lowest BCUT2D eigenvalue weighted by Crippen LogP contribution is -2.16. The Bertz CT molecular complexity index is 1390. The molecule has 4 rings (SSSR count). The maximum Gasteiger partial charge on any atom is 0.352 e. The van der Waals surface area contributed by atoms with Gasteiger partial charge in [0.1, 0.15) is 28.6 Å². The zero-order chi connectivity index (χ0) is 22.8. The molecule has 0 saturated heterocycles. The summed E-state index contributed by atoms with van der Waals surface area (Å²) in [6, 6.07) is 15.6. The van der Waals surface area contributed by atoms with Crippen LogP contribution in [0.4, 0.5) is 5.69 Å². The first-order chi connectivity index (χ1) is 15.3. The zero-order valence-corrected chi connectivity index (χ0v) is 17.7. The van der Waals surface area contributed by atoms with Gasteiger partial charge in [-0.1, -0.05) is 18.2 Å². The lowest BCUT2D eigenvalue weighted by Gasteiger charge is -2.15. The minimum atomic E-state index is -2.04. The number of fused-ring (bicyclic) bond motifs is 1. The van der Waals surface area contributed by atoms with Crippen molar-refractivity contribution in [2.75, 3.05) is 11.2 Å². The van der Waals surface area contributed by atoms with Crippen molar-refractivity contribution in [2.24, 2.45) is 7.05 Å². The number of rotatable bonds is 7. The van der Waals surface area contributed by atoms with Crippen LogP contribution in [0.25, 0.3) is 22.0 Å². The molecule has 0 saturated carbocycles. The highest BCUT2D eigenvalue weighted by Gasteiger charge is 2.19. The second-order valence-corrected chi connectivity index (χ2v) is 7.94. The molecule has 164 valence electrons. The molecule has 0 aliphatic heterocycles. The highest BCUT2D eigenvalue weighted by atomic mass is 32.2. The summed E-state index contributed by atoms with van der Waals surface area (Å²) in [6.07, 6.45) is 1.60. The normalized spacial score (nSPS) is 11.9. The van der Waals surface area contributed by atoms with Crippen LogP contribution < -0.4 is 15.6 Å².